The van der Waals surface area contributed by atoms with Crippen molar-refractivity contribution in [1.29, 1.82) is 0 Å². The SMILES string of the molecule is COC(=O)C(N)C(=O)C(C)C. The summed E-state index contributed by atoms with van der Waals surface area (Å²) in [4.78, 5) is 21.7. The van der Waals surface area contributed by atoms with Crippen LogP contribution in [0.1, 0.15) is 13.8 Å². The molecule has 0 bridgehead atoms. The van der Waals surface area contributed by atoms with Gasteiger partial charge in [0.05, 0.1) is 7.11 Å². The van der Waals surface area contributed by atoms with Gasteiger partial charge in [-0.1, -0.05) is 13.8 Å². The Morgan fingerprint density at radius 2 is 1.82 bits per heavy atom. The van der Waals surface area contributed by atoms with Crippen LogP contribution >= 0.6 is 0 Å². The fraction of sp³-hybridized carbons (Fsp3) is 0.714. The van der Waals surface area contributed by atoms with Crippen LogP contribution in [0.15, 0.2) is 0 Å². The first-order chi connectivity index (χ1) is 5.00. The van der Waals surface area contributed by atoms with Gasteiger partial charge in [0, 0.05) is 5.92 Å². The Hall–Kier alpha value is -0.900. The Balaban J connectivity index is 4.13. The molecular weight excluding hydrogens is 146 g/mol. The molecule has 0 rings (SSSR count). The van der Waals surface area contributed by atoms with Crippen LogP contribution in [0.25, 0.3) is 0 Å². The highest BCUT2D eigenvalue weighted by molar-refractivity contribution is 6.03. The number of ether oxygens (including phenoxy) is 1. The molecule has 0 saturated carbocycles. The summed E-state index contributed by atoms with van der Waals surface area (Å²) in [6, 6.07) is -1.13. The highest BCUT2D eigenvalue weighted by atomic mass is 16.5. The number of Topliss-reactive ketones (excluding diaryl/α,β-unsaturated/α-hetero) is 1. The molecular formula is C7H13NO3. The third-order valence-electron chi connectivity index (χ3n) is 1.33. The summed E-state index contributed by atoms with van der Waals surface area (Å²) in [6.07, 6.45) is 0. The van der Waals surface area contributed by atoms with Crippen LogP contribution < -0.4 is 5.73 Å². The van der Waals surface area contributed by atoms with Gasteiger partial charge in [0.25, 0.3) is 0 Å². The minimum atomic E-state index is -1.13. The van der Waals surface area contributed by atoms with Crippen LogP contribution in [0, 0.1) is 5.92 Å². The maximum absolute atomic E-state index is 11.0. The third-order valence-corrected chi connectivity index (χ3v) is 1.33. The molecule has 11 heavy (non-hydrogen) atoms. The lowest BCUT2D eigenvalue weighted by atomic mass is 10.0. The molecule has 0 heterocycles. The summed E-state index contributed by atoms with van der Waals surface area (Å²) in [6.45, 7) is 3.37. The Kier molecular flexibility index (Phi) is 3.74. The summed E-state index contributed by atoms with van der Waals surface area (Å²) in [5.74, 6) is -1.20. The van der Waals surface area contributed by atoms with E-state index in [-0.39, 0.29) is 11.7 Å². The quantitative estimate of drug-likeness (QED) is 0.454. The second kappa shape index (κ2) is 4.08. The molecule has 0 aliphatic carbocycles. The van der Waals surface area contributed by atoms with Crippen molar-refractivity contribution in [2.75, 3.05) is 7.11 Å². The Labute approximate surface area is 65.7 Å². The normalized spacial score (nSPS) is 12.8. The zero-order chi connectivity index (χ0) is 9.02. The number of hydrogen-bond donors (Lipinski definition) is 1. The van der Waals surface area contributed by atoms with Crippen LogP contribution in [0.4, 0.5) is 0 Å². The molecule has 4 nitrogen and oxygen atoms in total. The Morgan fingerprint density at radius 1 is 1.36 bits per heavy atom. The lowest BCUT2D eigenvalue weighted by molar-refractivity contribution is -0.146. The van der Waals surface area contributed by atoms with E-state index < -0.39 is 12.0 Å². The first-order valence-corrected chi connectivity index (χ1v) is 3.37. The molecule has 0 aromatic heterocycles. The number of carbonyl (C=O) groups is 2. The zero-order valence-electron chi connectivity index (χ0n) is 6.96. The summed E-state index contributed by atoms with van der Waals surface area (Å²) >= 11 is 0. The van der Waals surface area contributed by atoms with Gasteiger partial charge in [0.2, 0.25) is 0 Å². The molecule has 0 radical (unpaired) electrons. The average molecular weight is 159 g/mol. The van der Waals surface area contributed by atoms with E-state index in [0.717, 1.165) is 0 Å². The first-order valence-electron chi connectivity index (χ1n) is 3.37. The highest BCUT2D eigenvalue weighted by Crippen LogP contribution is 1.98. The fourth-order valence-electron chi connectivity index (χ4n) is 0.602. The predicted octanol–water partition coefficient (Wildman–Crippen LogP) is -0.288. The maximum atomic E-state index is 11.0. The number of rotatable bonds is 3. The first kappa shape index (κ1) is 10.1. The van der Waals surface area contributed by atoms with Crippen molar-refractivity contribution in [3.63, 3.8) is 0 Å². The van der Waals surface area contributed by atoms with Gasteiger partial charge in [-0.2, -0.15) is 0 Å². The minimum Gasteiger partial charge on any atom is -0.468 e. The number of carbonyl (C=O) groups excluding carboxylic acids is 2. The van der Waals surface area contributed by atoms with Crippen molar-refractivity contribution in [1.82, 2.24) is 0 Å². The van der Waals surface area contributed by atoms with Crippen LogP contribution in [0.2, 0.25) is 0 Å². The number of esters is 1. The second-order valence-corrected chi connectivity index (χ2v) is 2.56. The van der Waals surface area contributed by atoms with Gasteiger partial charge in [0.15, 0.2) is 11.8 Å². The van der Waals surface area contributed by atoms with E-state index in [1.165, 1.54) is 7.11 Å². The van der Waals surface area contributed by atoms with Crippen molar-refractivity contribution >= 4 is 11.8 Å². The lowest BCUT2D eigenvalue weighted by Gasteiger charge is -2.09. The average Bonchev–Trinajstić information content (AvgIpc) is 2.00. The van der Waals surface area contributed by atoms with Crippen LogP contribution in [0.5, 0.6) is 0 Å². The molecule has 4 heteroatoms. The number of ketones is 1. The summed E-state index contributed by atoms with van der Waals surface area (Å²) in [5.41, 5.74) is 5.25. The molecule has 0 aromatic rings. The molecule has 2 N–H and O–H groups in total. The number of methoxy groups -OCH3 is 1. The maximum Gasteiger partial charge on any atom is 0.330 e. The van der Waals surface area contributed by atoms with E-state index >= 15 is 0 Å². The molecule has 0 aliphatic rings. The van der Waals surface area contributed by atoms with Crippen LogP contribution in [0.3, 0.4) is 0 Å². The monoisotopic (exact) mass is 159 g/mol. The Morgan fingerprint density at radius 3 is 2.09 bits per heavy atom. The van der Waals surface area contributed by atoms with E-state index in [1.807, 2.05) is 0 Å². The van der Waals surface area contributed by atoms with Crippen molar-refractivity contribution in [2.24, 2.45) is 11.7 Å². The standard InChI is InChI=1S/C7H13NO3/c1-4(2)6(9)5(8)7(10)11-3/h4-5H,8H2,1-3H3. The molecule has 64 valence electrons. The van der Waals surface area contributed by atoms with Crippen molar-refractivity contribution in [3.05, 3.63) is 0 Å². The summed E-state index contributed by atoms with van der Waals surface area (Å²) in [7, 11) is 1.20. The second-order valence-electron chi connectivity index (χ2n) is 2.56. The Bertz CT molecular complexity index is 165. The van der Waals surface area contributed by atoms with Gasteiger partial charge >= 0.3 is 5.97 Å². The zero-order valence-corrected chi connectivity index (χ0v) is 6.96. The number of nitrogens with two attached hydrogens (primary N) is 1. The predicted molar refractivity (Wildman–Crippen MR) is 39.8 cm³/mol. The van der Waals surface area contributed by atoms with Gasteiger partial charge in [-0.15, -0.1) is 0 Å². The third kappa shape index (κ3) is 2.67. The van der Waals surface area contributed by atoms with Gasteiger partial charge in [0.1, 0.15) is 0 Å². The molecule has 0 aromatic carbocycles. The molecule has 0 aliphatic heterocycles. The van der Waals surface area contributed by atoms with Crippen LogP contribution in [-0.2, 0) is 14.3 Å². The van der Waals surface area contributed by atoms with Gasteiger partial charge in [-0.25, -0.2) is 4.79 Å². The molecule has 1 atom stereocenters. The van der Waals surface area contributed by atoms with Gasteiger partial charge < -0.3 is 10.5 Å². The number of hydrogen-bond acceptors (Lipinski definition) is 4. The van der Waals surface area contributed by atoms with E-state index in [0.29, 0.717) is 0 Å². The van der Waals surface area contributed by atoms with Gasteiger partial charge in [-0.3, -0.25) is 4.79 Å². The molecule has 1 unspecified atom stereocenters. The van der Waals surface area contributed by atoms with Crippen molar-refractivity contribution in [2.45, 2.75) is 19.9 Å². The van der Waals surface area contributed by atoms with Crippen LogP contribution in [-0.4, -0.2) is 24.9 Å². The lowest BCUT2D eigenvalue weighted by Crippen LogP contribution is -2.41. The van der Waals surface area contributed by atoms with E-state index in [1.54, 1.807) is 13.8 Å². The highest BCUT2D eigenvalue weighted by Gasteiger charge is 2.24. The summed E-state index contributed by atoms with van der Waals surface area (Å²) in [5, 5.41) is 0. The molecule has 0 spiro atoms. The topological polar surface area (TPSA) is 69.4 Å². The fourth-order valence-corrected chi connectivity index (χ4v) is 0.602. The minimum absolute atomic E-state index is 0.232. The molecule has 0 saturated heterocycles. The van der Waals surface area contributed by atoms with E-state index in [4.69, 9.17) is 5.73 Å². The largest absolute Gasteiger partial charge is 0.468 e. The molecule has 0 fully saturated rings. The van der Waals surface area contributed by atoms with Crippen molar-refractivity contribution in [3.8, 4) is 0 Å². The van der Waals surface area contributed by atoms with E-state index in [2.05, 4.69) is 4.74 Å². The smallest absolute Gasteiger partial charge is 0.330 e. The van der Waals surface area contributed by atoms with Crippen molar-refractivity contribution < 1.29 is 14.3 Å². The molecule has 0 amide bonds. The van der Waals surface area contributed by atoms with E-state index in [9.17, 15) is 9.59 Å². The summed E-state index contributed by atoms with van der Waals surface area (Å²) < 4.78 is 4.30. The van der Waals surface area contributed by atoms with Gasteiger partial charge in [-0.05, 0) is 0 Å².